The second kappa shape index (κ2) is 6.76. The van der Waals surface area contributed by atoms with Crippen LogP contribution in [0.5, 0.6) is 0 Å². The molecule has 0 N–H and O–H groups in total. The van der Waals surface area contributed by atoms with E-state index < -0.39 is 0 Å². The minimum Gasteiger partial charge on any atom is -0.271 e. The molecule has 0 radical (unpaired) electrons. The summed E-state index contributed by atoms with van der Waals surface area (Å²) >= 11 is 0. The molecule has 14 heavy (non-hydrogen) atoms. The third kappa shape index (κ3) is 3.84. The smallest absolute Gasteiger partial charge is 0.0366 e. The van der Waals surface area contributed by atoms with Crippen LogP contribution in [0, 0.1) is 0 Å². The molecule has 1 atom stereocenters. The average molecular weight is 218 g/mol. The van der Waals surface area contributed by atoms with Crippen molar-refractivity contribution in [3.8, 4) is 0 Å². The maximum absolute atomic E-state index is 2.63. The zero-order valence-corrected chi connectivity index (χ0v) is 11.8. The van der Waals surface area contributed by atoms with Crippen LogP contribution in [0.2, 0.25) is 0 Å². The van der Waals surface area contributed by atoms with Crippen molar-refractivity contribution in [1.82, 2.24) is 9.34 Å². The van der Waals surface area contributed by atoms with Gasteiger partial charge in [0.15, 0.2) is 0 Å². The normalized spacial score (nSPS) is 14.8. The van der Waals surface area contributed by atoms with E-state index in [0.29, 0.717) is 12.1 Å². The molecule has 2 nitrogen and oxygen atoms in total. The Labute approximate surface area is 91.5 Å². The first-order chi connectivity index (χ1) is 6.45. The lowest BCUT2D eigenvalue weighted by Gasteiger charge is -2.41. The molecule has 0 spiro atoms. The highest BCUT2D eigenvalue weighted by Crippen LogP contribution is 2.43. The minimum atomic E-state index is -0.120. The van der Waals surface area contributed by atoms with Gasteiger partial charge >= 0.3 is 0 Å². The lowest BCUT2D eigenvalue weighted by Crippen LogP contribution is -2.37. The quantitative estimate of drug-likeness (QED) is 0.630. The van der Waals surface area contributed by atoms with Crippen LogP contribution < -0.4 is 0 Å². The van der Waals surface area contributed by atoms with E-state index in [1.807, 2.05) is 0 Å². The van der Waals surface area contributed by atoms with Crippen molar-refractivity contribution >= 4 is 8.22 Å². The van der Waals surface area contributed by atoms with Gasteiger partial charge in [-0.3, -0.25) is 9.34 Å². The summed E-state index contributed by atoms with van der Waals surface area (Å²) in [6, 6.07) is 1.29. The van der Waals surface area contributed by atoms with E-state index >= 15 is 0 Å². The number of hydrogen-bond acceptors (Lipinski definition) is 2. The highest BCUT2D eigenvalue weighted by Gasteiger charge is 2.23. The molecule has 0 amide bonds. The maximum Gasteiger partial charge on any atom is 0.0366 e. The van der Waals surface area contributed by atoms with Crippen molar-refractivity contribution in [2.75, 3.05) is 19.8 Å². The van der Waals surface area contributed by atoms with Gasteiger partial charge in [-0.15, -0.1) is 0 Å². The second-order valence-electron chi connectivity index (χ2n) is 4.20. The second-order valence-corrected chi connectivity index (χ2v) is 6.20. The van der Waals surface area contributed by atoms with Crippen LogP contribution in [0.3, 0.4) is 0 Å². The summed E-state index contributed by atoms with van der Waals surface area (Å²) in [5.41, 5.74) is 0. The number of hydrogen-bond donors (Lipinski definition) is 0. The Hall–Kier alpha value is 0.350. The van der Waals surface area contributed by atoms with Gasteiger partial charge in [-0.2, -0.15) is 0 Å². The van der Waals surface area contributed by atoms with Crippen molar-refractivity contribution < 1.29 is 0 Å². The van der Waals surface area contributed by atoms with E-state index in [-0.39, 0.29) is 8.22 Å². The molecule has 0 saturated carbocycles. The van der Waals surface area contributed by atoms with E-state index in [2.05, 4.69) is 57.5 Å². The molecule has 1 unspecified atom stereocenters. The molecule has 0 bridgehead atoms. The minimum absolute atomic E-state index is 0.120. The SMILES string of the molecule is CCN(CC)P(C)N(C(C)C)C(C)C. The first-order valence-electron chi connectivity index (χ1n) is 5.72. The monoisotopic (exact) mass is 218 g/mol. The van der Waals surface area contributed by atoms with Gasteiger partial charge in [0.1, 0.15) is 0 Å². The summed E-state index contributed by atoms with van der Waals surface area (Å²) in [6.45, 7) is 18.4. The fourth-order valence-corrected chi connectivity index (χ4v) is 4.49. The maximum atomic E-state index is 2.63. The van der Waals surface area contributed by atoms with Crippen molar-refractivity contribution in [2.24, 2.45) is 0 Å². The van der Waals surface area contributed by atoms with Gasteiger partial charge in [-0.05, 0) is 34.4 Å². The molecular weight excluding hydrogens is 191 g/mol. The summed E-state index contributed by atoms with van der Waals surface area (Å²) in [6.07, 6.45) is 0. The van der Waals surface area contributed by atoms with E-state index in [9.17, 15) is 0 Å². The summed E-state index contributed by atoms with van der Waals surface area (Å²) < 4.78 is 5.19. The molecule has 0 saturated heterocycles. The summed E-state index contributed by atoms with van der Waals surface area (Å²) in [5.74, 6) is 0. The van der Waals surface area contributed by atoms with E-state index in [0.717, 1.165) is 13.1 Å². The molecule has 0 aromatic carbocycles. The fraction of sp³-hybridized carbons (Fsp3) is 1.00. The fourth-order valence-electron chi connectivity index (χ4n) is 2.04. The predicted octanol–water partition coefficient (Wildman–Crippen LogP) is 3.39. The standard InChI is InChI=1S/C11H27N2P/c1-8-12(9-2)14(7)13(10(3)4)11(5)6/h10-11H,8-9H2,1-7H3. The van der Waals surface area contributed by atoms with E-state index in [1.165, 1.54) is 0 Å². The van der Waals surface area contributed by atoms with Crippen LogP contribution >= 0.6 is 8.22 Å². The molecule has 0 aliphatic rings. The molecule has 0 heterocycles. The first-order valence-corrected chi connectivity index (χ1v) is 7.41. The van der Waals surface area contributed by atoms with Gasteiger partial charge in [0.05, 0.1) is 0 Å². The lowest BCUT2D eigenvalue weighted by molar-refractivity contribution is 0.300. The average Bonchev–Trinajstić information content (AvgIpc) is 2.04. The third-order valence-electron chi connectivity index (χ3n) is 2.53. The summed E-state index contributed by atoms with van der Waals surface area (Å²) in [4.78, 5) is 0. The first kappa shape index (κ1) is 14.3. The molecule has 0 aliphatic carbocycles. The summed E-state index contributed by atoms with van der Waals surface area (Å²) in [5, 5.41) is 0. The Morgan fingerprint density at radius 3 is 1.50 bits per heavy atom. The Morgan fingerprint density at radius 2 is 1.29 bits per heavy atom. The van der Waals surface area contributed by atoms with Crippen LogP contribution in [-0.2, 0) is 0 Å². The zero-order valence-electron chi connectivity index (χ0n) is 10.9. The number of nitrogens with zero attached hydrogens (tertiary/aromatic N) is 2. The predicted molar refractivity (Wildman–Crippen MR) is 67.9 cm³/mol. The highest BCUT2D eigenvalue weighted by atomic mass is 31.1. The van der Waals surface area contributed by atoms with Crippen LogP contribution in [-0.4, -0.2) is 41.2 Å². The van der Waals surface area contributed by atoms with E-state index in [4.69, 9.17) is 0 Å². The molecule has 3 heteroatoms. The van der Waals surface area contributed by atoms with Crippen molar-refractivity contribution in [3.05, 3.63) is 0 Å². The van der Waals surface area contributed by atoms with Gasteiger partial charge in [-0.1, -0.05) is 13.8 Å². The molecule has 0 aromatic rings. The molecule has 0 rings (SSSR count). The van der Waals surface area contributed by atoms with Gasteiger partial charge in [-0.25, -0.2) is 0 Å². The van der Waals surface area contributed by atoms with Gasteiger partial charge in [0.25, 0.3) is 0 Å². The van der Waals surface area contributed by atoms with Crippen LogP contribution in [0.15, 0.2) is 0 Å². The molecule has 0 fully saturated rings. The van der Waals surface area contributed by atoms with Crippen LogP contribution in [0.25, 0.3) is 0 Å². The molecule has 86 valence electrons. The Bertz CT molecular complexity index is 136. The Kier molecular flexibility index (Phi) is 6.93. The Balaban J connectivity index is 4.49. The van der Waals surface area contributed by atoms with Crippen molar-refractivity contribution in [1.29, 1.82) is 0 Å². The van der Waals surface area contributed by atoms with Gasteiger partial charge < -0.3 is 0 Å². The van der Waals surface area contributed by atoms with E-state index in [1.54, 1.807) is 0 Å². The largest absolute Gasteiger partial charge is 0.271 e. The molecular formula is C11H27N2P. The number of rotatable bonds is 6. The van der Waals surface area contributed by atoms with Gasteiger partial charge in [0.2, 0.25) is 0 Å². The third-order valence-corrected chi connectivity index (χ3v) is 5.51. The van der Waals surface area contributed by atoms with Crippen molar-refractivity contribution in [2.45, 2.75) is 53.6 Å². The van der Waals surface area contributed by atoms with Crippen LogP contribution in [0.1, 0.15) is 41.5 Å². The Morgan fingerprint density at radius 1 is 0.929 bits per heavy atom. The molecule has 0 aliphatic heterocycles. The highest BCUT2D eigenvalue weighted by molar-refractivity contribution is 7.51. The lowest BCUT2D eigenvalue weighted by atomic mass is 10.3. The van der Waals surface area contributed by atoms with Crippen LogP contribution in [0.4, 0.5) is 0 Å². The zero-order chi connectivity index (χ0) is 11.3. The molecule has 0 aromatic heterocycles. The topological polar surface area (TPSA) is 6.48 Å². The summed E-state index contributed by atoms with van der Waals surface area (Å²) in [7, 11) is -0.120. The van der Waals surface area contributed by atoms with Crippen molar-refractivity contribution in [3.63, 3.8) is 0 Å². The van der Waals surface area contributed by atoms with Gasteiger partial charge in [0, 0.05) is 33.4 Å².